The van der Waals surface area contributed by atoms with Gasteiger partial charge in [0.15, 0.2) is 5.82 Å². The minimum atomic E-state index is 0.0648. The van der Waals surface area contributed by atoms with Gasteiger partial charge in [-0.05, 0) is 30.9 Å². The SMILES string of the molecule is CC1(CN)CCN(c2cnc(C(=N)c3ccnc(N)c3Cl)c(N)n2)CC1. The lowest BCUT2D eigenvalue weighted by atomic mass is 9.80. The van der Waals surface area contributed by atoms with E-state index >= 15 is 0 Å². The first-order valence-corrected chi connectivity index (χ1v) is 8.79. The van der Waals surface area contributed by atoms with Crippen LogP contribution in [0.3, 0.4) is 0 Å². The summed E-state index contributed by atoms with van der Waals surface area (Å²) in [7, 11) is 0. The Morgan fingerprint density at radius 1 is 1.27 bits per heavy atom. The second-order valence-electron chi connectivity index (χ2n) is 6.90. The minimum Gasteiger partial charge on any atom is -0.382 e. The molecule has 0 aromatic carbocycles. The summed E-state index contributed by atoms with van der Waals surface area (Å²) in [5.74, 6) is 1.05. The molecule has 8 nitrogen and oxygen atoms in total. The number of pyridine rings is 1. The number of anilines is 3. The zero-order chi connectivity index (χ0) is 18.9. The van der Waals surface area contributed by atoms with Crippen molar-refractivity contribution in [1.29, 1.82) is 5.41 Å². The fraction of sp³-hybridized carbons (Fsp3) is 0.412. The van der Waals surface area contributed by atoms with Crippen LogP contribution in [-0.2, 0) is 0 Å². The zero-order valence-electron chi connectivity index (χ0n) is 14.7. The van der Waals surface area contributed by atoms with E-state index in [4.69, 9.17) is 34.2 Å². The molecular formula is C17H23ClN8. The molecule has 1 fully saturated rings. The van der Waals surface area contributed by atoms with Crippen LogP contribution in [0.5, 0.6) is 0 Å². The number of nitrogens with one attached hydrogen (secondary N) is 1. The summed E-state index contributed by atoms with van der Waals surface area (Å²) >= 11 is 6.15. The molecule has 138 valence electrons. The van der Waals surface area contributed by atoms with E-state index in [0.717, 1.165) is 25.9 Å². The van der Waals surface area contributed by atoms with Crippen LogP contribution >= 0.6 is 11.6 Å². The second-order valence-corrected chi connectivity index (χ2v) is 7.27. The third-order valence-corrected chi connectivity index (χ3v) is 5.39. The van der Waals surface area contributed by atoms with E-state index in [0.29, 0.717) is 17.9 Å². The molecule has 0 bridgehead atoms. The Kier molecular flexibility index (Phi) is 4.97. The van der Waals surface area contributed by atoms with E-state index in [9.17, 15) is 0 Å². The molecule has 1 aliphatic heterocycles. The first kappa shape index (κ1) is 18.3. The number of nitrogens with zero attached hydrogens (tertiary/aromatic N) is 4. The molecular weight excluding hydrogens is 352 g/mol. The molecule has 0 unspecified atom stereocenters. The van der Waals surface area contributed by atoms with Crippen LogP contribution in [0.15, 0.2) is 18.5 Å². The van der Waals surface area contributed by atoms with Crippen molar-refractivity contribution >= 4 is 34.8 Å². The Balaban J connectivity index is 1.82. The van der Waals surface area contributed by atoms with Gasteiger partial charge in [-0.25, -0.2) is 15.0 Å². The maximum absolute atomic E-state index is 8.36. The van der Waals surface area contributed by atoms with Crippen molar-refractivity contribution in [2.75, 3.05) is 36.0 Å². The standard InChI is InChI=1S/C17H23ClN8/c1-17(9-19)3-6-26(7-4-17)11-8-24-14(16(22)25-11)13(20)10-2-5-23-15(21)12(10)18/h2,5,8,20H,3-4,6-7,9,19H2,1H3,(H2,21,23)(H2,22,25). The molecule has 0 atom stereocenters. The zero-order valence-corrected chi connectivity index (χ0v) is 15.4. The van der Waals surface area contributed by atoms with E-state index in [-0.39, 0.29) is 33.5 Å². The Hall–Kier alpha value is -2.45. The second kappa shape index (κ2) is 7.05. The fourth-order valence-corrected chi connectivity index (χ4v) is 3.21. The molecule has 0 aliphatic carbocycles. The van der Waals surface area contributed by atoms with Crippen LogP contribution in [0.2, 0.25) is 5.02 Å². The lowest BCUT2D eigenvalue weighted by molar-refractivity contribution is 0.258. The number of rotatable bonds is 4. The Morgan fingerprint density at radius 3 is 2.58 bits per heavy atom. The van der Waals surface area contributed by atoms with Crippen molar-refractivity contribution in [3.8, 4) is 0 Å². The average Bonchev–Trinajstić information content (AvgIpc) is 2.64. The molecule has 9 heteroatoms. The van der Waals surface area contributed by atoms with Gasteiger partial charge in [-0.1, -0.05) is 18.5 Å². The third-order valence-electron chi connectivity index (χ3n) is 5.00. The number of hydrogen-bond acceptors (Lipinski definition) is 8. The van der Waals surface area contributed by atoms with Crippen molar-refractivity contribution in [1.82, 2.24) is 15.0 Å². The lowest BCUT2D eigenvalue weighted by Crippen LogP contribution is -2.42. The molecule has 1 saturated heterocycles. The largest absolute Gasteiger partial charge is 0.382 e. The van der Waals surface area contributed by atoms with E-state index < -0.39 is 0 Å². The van der Waals surface area contributed by atoms with Gasteiger partial charge in [-0.3, -0.25) is 5.41 Å². The first-order valence-electron chi connectivity index (χ1n) is 8.41. The quantitative estimate of drug-likeness (QED) is 0.595. The highest BCUT2D eigenvalue weighted by molar-refractivity contribution is 6.37. The maximum Gasteiger partial charge on any atom is 0.154 e. The van der Waals surface area contributed by atoms with Gasteiger partial charge in [0.2, 0.25) is 0 Å². The predicted molar refractivity (Wildman–Crippen MR) is 105 cm³/mol. The molecule has 3 rings (SSSR count). The van der Waals surface area contributed by atoms with Crippen LogP contribution in [0, 0.1) is 10.8 Å². The molecule has 2 aromatic rings. The summed E-state index contributed by atoms with van der Waals surface area (Å²) in [5.41, 5.74) is 18.6. The Morgan fingerprint density at radius 2 is 1.96 bits per heavy atom. The van der Waals surface area contributed by atoms with E-state index in [1.165, 1.54) is 6.20 Å². The van der Waals surface area contributed by atoms with E-state index in [1.807, 2.05) is 0 Å². The fourth-order valence-electron chi connectivity index (χ4n) is 3.00. The highest BCUT2D eigenvalue weighted by Crippen LogP contribution is 2.32. The summed E-state index contributed by atoms with van der Waals surface area (Å²) in [5, 5.41) is 8.57. The normalized spacial score (nSPS) is 16.5. The van der Waals surface area contributed by atoms with Crippen molar-refractivity contribution in [2.24, 2.45) is 11.1 Å². The summed E-state index contributed by atoms with van der Waals surface area (Å²) in [4.78, 5) is 14.8. The van der Waals surface area contributed by atoms with Crippen LogP contribution < -0.4 is 22.1 Å². The van der Waals surface area contributed by atoms with E-state index in [1.54, 1.807) is 12.3 Å². The van der Waals surface area contributed by atoms with Crippen molar-refractivity contribution in [3.63, 3.8) is 0 Å². The molecule has 7 N–H and O–H groups in total. The number of nitrogen functional groups attached to an aromatic ring is 2. The van der Waals surface area contributed by atoms with Crippen LogP contribution in [-0.4, -0.2) is 40.3 Å². The summed E-state index contributed by atoms with van der Waals surface area (Å²) in [6.45, 7) is 4.59. The monoisotopic (exact) mass is 374 g/mol. The topological polar surface area (TPSA) is 144 Å². The summed E-state index contributed by atoms with van der Waals surface area (Å²) in [6, 6.07) is 1.61. The number of nitrogens with two attached hydrogens (primary N) is 3. The van der Waals surface area contributed by atoms with Crippen molar-refractivity contribution in [3.05, 3.63) is 34.7 Å². The van der Waals surface area contributed by atoms with Gasteiger partial charge < -0.3 is 22.1 Å². The predicted octanol–water partition coefficient (Wildman–Crippen LogP) is 1.67. The van der Waals surface area contributed by atoms with Crippen LogP contribution in [0.4, 0.5) is 17.5 Å². The lowest BCUT2D eigenvalue weighted by Gasteiger charge is -2.39. The number of hydrogen-bond donors (Lipinski definition) is 4. The number of halogens is 1. The number of aromatic nitrogens is 3. The molecule has 1 aliphatic rings. The molecule has 0 spiro atoms. The maximum atomic E-state index is 8.36. The smallest absolute Gasteiger partial charge is 0.154 e. The third kappa shape index (κ3) is 3.42. The summed E-state index contributed by atoms with van der Waals surface area (Å²) < 4.78 is 0. The van der Waals surface area contributed by atoms with Crippen LogP contribution in [0.1, 0.15) is 31.0 Å². The molecule has 2 aromatic heterocycles. The minimum absolute atomic E-state index is 0.0648. The first-order chi connectivity index (χ1) is 12.3. The number of piperidine rings is 1. The summed E-state index contributed by atoms with van der Waals surface area (Å²) in [6.07, 6.45) is 5.12. The van der Waals surface area contributed by atoms with E-state index in [2.05, 4.69) is 26.8 Å². The van der Waals surface area contributed by atoms with Gasteiger partial charge in [0, 0.05) is 24.8 Å². The van der Waals surface area contributed by atoms with Crippen LogP contribution in [0.25, 0.3) is 0 Å². The van der Waals surface area contributed by atoms with Gasteiger partial charge >= 0.3 is 0 Å². The average molecular weight is 375 g/mol. The molecule has 0 radical (unpaired) electrons. The van der Waals surface area contributed by atoms with Gasteiger partial charge in [-0.15, -0.1) is 0 Å². The molecule has 3 heterocycles. The van der Waals surface area contributed by atoms with Gasteiger partial charge in [0.1, 0.15) is 17.3 Å². The Labute approximate surface area is 157 Å². The Bertz CT molecular complexity index is 830. The van der Waals surface area contributed by atoms with Gasteiger partial charge in [-0.2, -0.15) is 0 Å². The van der Waals surface area contributed by atoms with Gasteiger partial charge in [0.25, 0.3) is 0 Å². The van der Waals surface area contributed by atoms with Gasteiger partial charge in [0.05, 0.1) is 16.9 Å². The molecule has 26 heavy (non-hydrogen) atoms. The van der Waals surface area contributed by atoms with Crippen molar-refractivity contribution in [2.45, 2.75) is 19.8 Å². The highest BCUT2D eigenvalue weighted by atomic mass is 35.5. The highest BCUT2D eigenvalue weighted by Gasteiger charge is 2.29. The molecule has 0 saturated carbocycles. The van der Waals surface area contributed by atoms with Crippen molar-refractivity contribution < 1.29 is 0 Å². The molecule has 0 amide bonds.